The Morgan fingerprint density at radius 2 is 1.86 bits per heavy atom. The highest BCUT2D eigenvalue weighted by Gasteiger charge is 2.54. The Morgan fingerprint density at radius 3 is 2.64 bits per heavy atom. The maximum atomic E-state index is 13.2. The molecular weight excluding hydrogens is 354 g/mol. The van der Waals surface area contributed by atoms with Gasteiger partial charge in [0.2, 0.25) is 5.91 Å². The van der Waals surface area contributed by atoms with Gasteiger partial charge < -0.3 is 10.6 Å². The van der Waals surface area contributed by atoms with E-state index in [1.54, 1.807) is 0 Å². The van der Waals surface area contributed by atoms with Crippen molar-refractivity contribution in [2.45, 2.75) is 37.8 Å². The van der Waals surface area contributed by atoms with E-state index in [9.17, 15) is 14.4 Å². The summed E-state index contributed by atoms with van der Waals surface area (Å²) in [6.07, 6.45) is 2.25. The Morgan fingerprint density at radius 1 is 1.14 bits per heavy atom. The van der Waals surface area contributed by atoms with Crippen LogP contribution in [0.2, 0.25) is 0 Å². The zero-order valence-corrected chi connectivity index (χ0v) is 15.8. The van der Waals surface area contributed by atoms with Crippen molar-refractivity contribution in [3.63, 3.8) is 0 Å². The monoisotopic (exact) mass is 377 g/mol. The van der Waals surface area contributed by atoms with Gasteiger partial charge in [-0.1, -0.05) is 54.6 Å². The molecule has 1 saturated heterocycles. The fourth-order valence-corrected chi connectivity index (χ4v) is 4.21. The lowest BCUT2D eigenvalue weighted by Crippen LogP contribution is -2.47. The molecule has 6 heteroatoms. The third-order valence-electron chi connectivity index (χ3n) is 5.63. The van der Waals surface area contributed by atoms with E-state index in [1.807, 2.05) is 61.5 Å². The summed E-state index contributed by atoms with van der Waals surface area (Å²) in [6, 6.07) is 16.5. The number of nitrogens with zero attached hydrogens (tertiary/aromatic N) is 1. The molecule has 4 amide bonds. The Bertz CT molecular complexity index is 928. The number of urea groups is 1. The van der Waals surface area contributed by atoms with E-state index in [2.05, 4.69) is 10.6 Å². The predicted molar refractivity (Wildman–Crippen MR) is 104 cm³/mol. The molecule has 0 saturated carbocycles. The summed E-state index contributed by atoms with van der Waals surface area (Å²) in [7, 11) is 0. The first-order valence-corrected chi connectivity index (χ1v) is 9.58. The molecule has 1 fully saturated rings. The number of carbonyl (C=O) groups is 3. The van der Waals surface area contributed by atoms with Gasteiger partial charge in [0.05, 0.1) is 6.04 Å². The lowest BCUT2D eigenvalue weighted by atomic mass is 9.76. The van der Waals surface area contributed by atoms with E-state index in [0.29, 0.717) is 6.42 Å². The number of hydrogen-bond acceptors (Lipinski definition) is 3. The van der Waals surface area contributed by atoms with E-state index < -0.39 is 11.6 Å². The molecule has 0 aromatic heterocycles. The first-order chi connectivity index (χ1) is 13.5. The number of rotatable bonds is 4. The minimum atomic E-state index is -1.04. The molecule has 2 atom stereocenters. The van der Waals surface area contributed by atoms with Crippen LogP contribution in [0.25, 0.3) is 0 Å². The highest BCUT2D eigenvalue weighted by Crippen LogP contribution is 2.39. The summed E-state index contributed by atoms with van der Waals surface area (Å²) >= 11 is 0. The zero-order chi connectivity index (χ0) is 19.7. The largest absolute Gasteiger partial charge is 0.348 e. The van der Waals surface area contributed by atoms with Gasteiger partial charge in [-0.05, 0) is 42.9 Å². The summed E-state index contributed by atoms with van der Waals surface area (Å²) in [5, 5.41) is 5.73. The maximum Gasteiger partial charge on any atom is 0.325 e. The highest BCUT2D eigenvalue weighted by molar-refractivity contribution is 6.09. The summed E-state index contributed by atoms with van der Waals surface area (Å²) in [5.41, 5.74) is 1.84. The number of nitrogens with one attached hydrogen (secondary N) is 2. The Balaban J connectivity index is 1.50. The Kier molecular flexibility index (Phi) is 4.63. The third kappa shape index (κ3) is 3.05. The van der Waals surface area contributed by atoms with Crippen molar-refractivity contribution in [3.8, 4) is 0 Å². The maximum absolute atomic E-state index is 13.2. The minimum Gasteiger partial charge on any atom is -0.348 e. The van der Waals surface area contributed by atoms with Crippen LogP contribution in [0.5, 0.6) is 0 Å². The summed E-state index contributed by atoms with van der Waals surface area (Å²) in [5.74, 6) is -0.701. The molecule has 0 radical (unpaired) electrons. The van der Waals surface area contributed by atoms with Gasteiger partial charge >= 0.3 is 6.03 Å². The molecule has 2 aromatic rings. The molecule has 0 unspecified atom stereocenters. The van der Waals surface area contributed by atoms with E-state index in [-0.39, 0.29) is 24.4 Å². The van der Waals surface area contributed by atoms with Crippen LogP contribution in [0.15, 0.2) is 54.6 Å². The fourth-order valence-electron chi connectivity index (χ4n) is 4.21. The number of hydrogen-bond donors (Lipinski definition) is 2. The first kappa shape index (κ1) is 18.2. The van der Waals surface area contributed by atoms with Crippen molar-refractivity contribution < 1.29 is 14.4 Å². The Labute approximate surface area is 163 Å². The normalized spacial score (nSPS) is 22.0. The van der Waals surface area contributed by atoms with Gasteiger partial charge in [-0.3, -0.25) is 14.5 Å². The fraction of sp³-hybridized carbons (Fsp3) is 0.318. The van der Waals surface area contributed by atoms with Crippen LogP contribution in [-0.4, -0.2) is 29.3 Å². The summed E-state index contributed by atoms with van der Waals surface area (Å²) < 4.78 is 0. The van der Waals surface area contributed by atoms with Crippen LogP contribution in [0.1, 0.15) is 42.5 Å². The molecule has 0 bridgehead atoms. The third-order valence-corrected chi connectivity index (χ3v) is 5.63. The Hall–Kier alpha value is -3.15. The van der Waals surface area contributed by atoms with Crippen molar-refractivity contribution in [1.29, 1.82) is 0 Å². The van der Waals surface area contributed by atoms with E-state index in [4.69, 9.17) is 0 Å². The quantitative estimate of drug-likeness (QED) is 0.804. The van der Waals surface area contributed by atoms with Gasteiger partial charge in [-0.15, -0.1) is 0 Å². The van der Waals surface area contributed by atoms with Gasteiger partial charge in [0.1, 0.15) is 12.1 Å². The molecule has 1 aliphatic carbocycles. The second-order valence-electron chi connectivity index (χ2n) is 7.44. The number of carbonyl (C=O) groups excluding carboxylic acids is 3. The molecule has 1 spiro atoms. The highest BCUT2D eigenvalue weighted by atomic mass is 16.2. The molecule has 2 aromatic carbocycles. The van der Waals surface area contributed by atoms with Crippen molar-refractivity contribution in [1.82, 2.24) is 15.5 Å². The van der Waals surface area contributed by atoms with Crippen LogP contribution in [0.3, 0.4) is 0 Å². The topological polar surface area (TPSA) is 78.5 Å². The molecule has 144 valence electrons. The molecule has 4 rings (SSSR count). The number of fused-ring (bicyclic) bond motifs is 2. The number of amides is 4. The van der Waals surface area contributed by atoms with Crippen molar-refractivity contribution >= 4 is 17.8 Å². The molecule has 6 nitrogen and oxygen atoms in total. The molecular formula is C22H23N3O3. The van der Waals surface area contributed by atoms with Crippen LogP contribution in [-0.2, 0) is 21.5 Å². The van der Waals surface area contributed by atoms with E-state index in [0.717, 1.165) is 34.4 Å². The van der Waals surface area contributed by atoms with Crippen molar-refractivity contribution in [2.24, 2.45) is 0 Å². The van der Waals surface area contributed by atoms with Gasteiger partial charge in [-0.25, -0.2) is 4.79 Å². The standard InChI is InChI=1S/C22H23N3O3/c1-15(16-8-3-2-4-9-16)23-19(26)14-25-20(27)22(24-21(25)28)13-7-11-17-10-5-6-12-18(17)22/h2-6,8-10,12,15H,7,11,13-14H2,1H3,(H,23,26)(H,24,28)/t15-,22-/m1/s1. The minimum absolute atomic E-state index is 0.209. The molecule has 2 aliphatic rings. The summed E-state index contributed by atoms with van der Waals surface area (Å²) in [4.78, 5) is 39.3. The van der Waals surface area contributed by atoms with Gasteiger partial charge in [0, 0.05) is 0 Å². The van der Waals surface area contributed by atoms with Crippen LogP contribution in [0.4, 0.5) is 4.79 Å². The molecule has 1 aliphatic heterocycles. The SMILES string of the molecule is C[C@@H](NC(=O)CN1C(=O)N[C@@]2(CCCc3ccccc32)C1=O)c1ccccc1. The molecule has 1 heterocycles. The van der Waals surface area contributed by atoms with E-state index >= 15 is 0 Å². The second kappa shape index (κ2) is 7.11. The molecule has 2 N–H and O–H groups in total. The van der Waals surface area contributed by atoms with Crippen LogP contribution in [0, 0.1) is 0 Å². The lowest BCUT2D eigenvalue weighted by Gasteiger charge is -2.33. The van der Waals surface area contributed by atoms with Gasteiger partial charge in [-0.2, -0.15) is 0 Å². The van der Waals surface area contributed by atoms with Gasteiger partial charge in [0.15, 0.2) is 0 Å². The zero-order valence-electron chi connectivity index (χ0n) is 15.8. The van der Waals surface area contributed by atoms with Crippen molar-refractivity contribution in [3.05, 3.63) is 71.3 Å². The number of imide groups is 1. The molecule has 28 heavy (non-hydrogen) atoms. The second-order valence-corrected chi connectivity index (χ2v) is 7.44. The number of benzene rings is 2. The number of aryl methyl sites for hydroxylation is 1. The summed E-state index contributed by atoms with van der Waals surface area (Å²) in [6.45, 7) is 1.59. The smallest absolute Gasteiger partial charge is 0.325 e. The van der Waals surface area contributed by atoms with Crippen molar-refractivity contribution in [2.75, 3.05) is 6.54 Å². The average Bonchev–Trinajstić information content (AvgIpc) is 2.94. The lowest BCUT2D eigenvalue weighted by molar-refractivity contribution is -0.135. The first-order valence-electron chi connectivity index (χ1n) is 9.58. The van der Waals surface area contributed by atoms with Gasteiger partial charge in [0.25, 0.3) is 5.91 Å². The van der Waals surface area contributed by atoms with Crippen LogP contribution < -0.4 is 10.6 Å². The average molecular weight is 377 g/mol. The van der Waals surface area contributed by atoms with E-state index in [1.165, 1.54) is 0 Å². The van der Waals surface area contributed by atoms with Crippen LogP contribution >= 0.6 is 0 Å². The predicted octanol–water partition coefficient (Wildman–Crippen LogP) is 2.65.